The Balaban J connectivity index is 1.52. The quantitative estimate of drug-likeness (QED) is 0.856. The smallest absolute Gasteiger partial charge is 0.317 e. The number of halogens is 2. The number of amides is 2. The lowest BCUT2D eigenvalue weighted by Gasteiger charge is -2.56. The molecule has 5 nitrogen and oxygen atoms in total. The summed E-state index contributed by atoms with van der Waals surface area (Å²) in [5.41, 5.74) is 0.655. The molecule has 0 radical (unpaired) electrons. The van der Waals surface area contributed by atoms with Crippen LogP contribution in [0.3, 0.4) is 0 Å². The van der Waals surface area contributed by atoms with Gasteiger partial charge in [0, 0.05) is 48.6 Å². The molecule has 2 fully saturated rings. The number of carbonyl (C=O) groups excluding carboxylic acids is 1. The van der Waals surface area contributed by atoms with Gasteiger partial charge in [-0.25, -0.2) is 4.79 Å². The fraction of sp³-hybridized carbons (Fsp3) is 0.588. The first-order valence-corrected chi connectivity index (χ1v) is 8.89. The molecule has 24 heavy (non-hydrogen) atoms. The highest BCUT2D eigenvalue weighted by Crippen LogP contribution is 2.50. The van der Waals surface area contributed by atoms with Crippen molar-refractivity contribution in [1.29, 1.82) is 0 Å². The second kappa shape index (κ2) is 7.08. The molecule has 1 aromatic rings. The first kappa shape index (κ1) is 17.8. The maximum Gasteiger partial charge on any atom is 0.317 e. The van der Waals surface area contributed by atoms with Crippen molar-refractivity contribution in [2.24, 2.45) is 5.41 Å². The summed E-state index contributed by atoms with van der Waals surface area (Å²) in [6.45, 7) is 1.61. The Hall–Kier alpha value is -1.01. The highest BCUT2D eigenvalue weighted by molar-refractivity contribution is 6.35. The summed E-state index contributed by atoms with van der Waals surface area (Å²) in [4.78, 5) is 14.1. The van der Waals surface area contributed by atoms with Crippen molar-refractivity contribution in [1.82, 2.24) is 10.2 Å². The number of aliphatic hydroxyl groups is 1. The monoisotopic (exact) mass is 372 g/mol. The predicted octanol–water partition coefficient (Wildman–Crippen LogP) is 3.06. The van der Waals surface area contributed by atoms with E-state index in [2.05, 4.69) is 5.32 Å². The zero-order chi connectivity index (χ0) is 17.3. The van der Waals surface area contributed by atoms with Crippen LogP contribution >= 0.6 is 23.2 Å². The van der Waals surface area contributed by atoms with Gasteiger partial charge in [-0.15, -0.1) is 0 Å². The highest BCUT2D eigenvalue weighted by atomic mass is 35.5. The van der Waals surface area contributed by atoms with Gasteiger partial charge >= 0.3 is 6.03 Å². The lowest BCUT2D eigenvalue weighted by atomic mass is 9.58. The minimum atomic E-state index is -0.319. The van der Waals surface area contributed by atoms with E-state index in [0.717, 1.165) is 18.4 Å². The van der Waals surface area contributed by atoms with Gasteiger partial charge in [0.1, 0.15) is 0 Å². The lowest BCUT2D eigenvalue weighted by molar-refractivity contribution is -0.198. The van der Waals surface area contributed by atoms with Crippen LogP contribution in [0.25, 0.3) is 0 Å². The summed E-state index contributed by atoms with van der Waals surface area (Å²) in [6, 6.07) is 5.11. The second-order valence-corrected chi connectivity index (χ2v) is 7.43. The van der Waals surface area contributed by atoms with Crippen molar-refractivity contribution in [3.8, 4) is 0 Å². The Bertz CT molecular complexity index is 618. The Morgan fingerprint density at radius 2 is 2.12 bits per heavy atom. The molecule has 2 N–H and O–H groups in total. The Kier molecular flexibility index (Phi) is 5.25. The van der Waals surface area contributed by atoms with Crippen LogP contribution in [-0.2, 0) is 11.3 Å². The number of piperidine rings is 1. The van der Waals surface area contributed by atoms with Gasteiger partial charge in [0.2, 0.25) is 0 Å². The van der Waals surface area contributed by atoms with Crippen LogP contribution in [0.5, 0.6) is 0 Å². The number of rotatable bonds is 3. The van der Waals surface area contributed by atoms with Gasteiger partial charge in [0.15, 0.2) is 0 Å². The van der Waals surface area contributed by atoms with E-state index in [1.165, 1.54) is 0 Å². The summed E-state index contributed by atoms with van der Waals surface area (Å²) >= 11 is 12.0. The van der Waals surface area contributed by atoms with E-state index in [1.807, 2.05) is 6.07 Å². The molecule has 1 heterocycles. The number of aliphatic hydroxyl groups excluding tert-OH is 1. The topological polar surface area (TPSA) is 61.8 Å². The molecule has 2 atom stereocenters. The van der Waals surface area contributed by atoms with E-state index in [0.29, 0.717) is 36.1 Å². The number of likely N-dealkylation sites (tertiary alicyclic amines) is 1. The average molecular weight is 373 g/mol. The normalized spacial score (nSPS) is 25.4. The molecule has 3 rings (SSSR count). The van der Waals surface area contributed by atoms with E-state index < -0.39 is 0 Å². The average Bonchev–Trinajstić information content (AvgIpc) is 2.58. The summed E-state index contributed by atoms with van der Waals surface area (Å²) < 4.78 is 5.47. The van der Waals surface area contributed by atoms with Crippen LogP contribution in [0.15, 0.2) is 18.2 Å². The molecular weight excluding hydrogens is 351 g/mol. The van der Waals surface area contributed by atoms with Gasteiger partial charge in [-0.1, -0.05) is 29.3 Å². The Labute approximate surface area is 151 Å². The molecule has 1 spiro atoms. The lowest BCUT2D eigenvalue weighted by Crippen LogP contribution is -2.63. The number of nitrogens with one attached hydrogen (secondary N) is 1. The second-order valence-electron chi connectivity index (χ2n) is 6.59. The Morgan fingerprint density at radius 3 is 2.71 bits per heavy atom. The predicted molar refractivity (Wildman–Crippen MR) is 93.4 cm³/mol. The molecule has 0 unspecified atom stereocenters. The van der Waals surface area contributed by atoms with E-state index >= 15 is 0 Å². The van der Waals surface area contributed by atoms with Crippen molar-refractivity contribution in [3.63, 3.8) is 0 Å². The minimum Gasteiger partial charge on any atom is -0.392 e. The van der Waals surface area contributed by atoms with E-state index in [4.69, 9.17) is 27.9 Å². The maximum atomic E-state index is 12.4. The van der Waals surface area contributed by atoms with E-state index in [1.54, 1.807) is 24.1 Å². The van der Waals surface area contributed by atoms with Crippen LogP contribution in [0.4, 0.5) is 4.79 Å². The third kappa shape index (κ3) is 3.23. The van der Waals surface area contributed by atoms with Crippen LogP contribution in [-0.4, -0.2) is 48.4 Å². The molecule has 132 valence electrons. The SMILES string of the molecule is CO[C@H]1C[C@@H](O)C12CCN(C(=O)NCc1ccc(Cl)cc1Cl)CC2. The van der Waals surface area contributed by atoms with Crippen molar-refractivity contribution in [3.05, 3.63) is 33.8 Å². The minimum absolute atomic E-state index is 0.102. The molecule has 0 aromatic heterocycles. The third-order valence-electron chi connectivity index (χ3n) is 5.45. The highest BCUT2D eigenvalue weighted by Gasteiger charge is 2.56. The summed E-state index contributed by atoms with van der Waals surface area (Å²) in [7, 11) is 1.69. The molecule has 7 heteroatoms. The summed E-state index contributed by atoms with van der Waals surface area (Å²) in [5.74, 6) is 0. The molecule has 0 bridgehead atoms. The maximum absolute atomic E-state index is 12.4. The number of ether oxygens (including phenoxy) is 1. The fourth-order valence-electron chi connectivity index (χ4n) is 3.79. The van der Waals surface area contributed by atoms with Gasteiger partial charge in [-0.05, 0) is 30.5 Å². The van der Waals surface area contributed by atoms with Gasteiger partial charge in [-0.3, -0.25) is 0 Å². The number of methoxy groups -OCH3 is 1. The first-order chi connectivity index (χ1) is 11.5. The van der Waals surface area contributed by atoms with Gasteiger partial charge in [0.05, 0.1) is 12.2 Å². The molecule has 2 amide bonds. The molecule has 1 saturated carbocycles. The van der Waals surface area contributed by atoms with Gasteiger partial charge in [0.25, 0.3) is 0 Å². The van der Waals surface area contributed by atoms with Crippen LogP contribution in [0.1, 0.15) is 24.8 Å². The first-order valence-electron chi connectivity index (χ1n) is 8.14. The summed E-state index contributed by atoms with van der Waals surface area (Å²) in [5, 5.41) is 14.1. The van der Waals surface area contributed by atoms with Gasteiger partial charge < -0.3 is 20.1 Å². The van der Waals surface area contributed by atoms with Crippen LogP contribution in [0, 0.1) is 5.41 Å². The number of hydrogen-bond donors (Lipinski definition) is 2. The fourth-order valence-corrected chi connectivity index (χ4v) is 4.26. The van der Waals surface area contributed by atoms with Crippen LogP contribution < -0.4 is 5.32 Å². The van der Waals surface area contributed by atoms with E-state index in [-0.39, 0.29) is 23.7 Å². The Morgan fingerprint density at radius 1 is 1.42 bits per heavy atom. The zero-order valence-corrected chi connectivity index (χ0v) is 15.1. The van der Waals surface area contributed by atoms with Crippen LogP contribution in [0.2, 0.25) is 10.0 Å². The van der Waals surface area contributed by atoms with Crippen molar-refractivity contribution >= 4 is 29.2 Å². The number of carbonyl (C=O) groups is 1. The molecular formula is C17H22Cl2N2O3. The van der Waals surface area contributed by atoms with Crippen molar-refractivity contribution in [2.45, 2.75) is 38.0 Å². The molecule has 1 aliphatic heterocycles. The number of benzene rings is 1. The zero-order valence-electron chi connectivity index (χ0n) is 13.6. The third-order valence-corrected chi connectivity index (χ3v) is 6.04. The molecule has 1 aliphatic carbocycles. The number of urea groups is 1. The molecule has 2 aliphatic rings. The summed E-state index contributed by atoms with van der Waals surface area (Å²) in [6.07, 6.45) is 2.01. The number of nitrogens with zero attached hydrogens (tertiary/aromatic N) is 1. The molecule has 1 saturated heterocycles. The van der Waals surface area contributed by atoms with Crippen molar-refractivity contribution < 1.29 is 14.6 Å². The molecule has 1 aromatic carbocycles. The van der Waals surface area contributed by atoms with Crippen molar-refractivity contribution in [2.75, 3.05) is 20.2 Å². The largest absolute Gasteiger partial charge is 0.392 e. The number of hydrogen-bond acceptors (Lipinski definition) is 3. The van der Waals surface area contributed by atoms with Gasteiger partial charge in [-0.2, -0.15) is 0 Å². The van der Waals surface area contributed by atoms with E-state index in [9.17, 15) is 9.90 Å². The standard InChI is InChI=1S/C17H22Cl2N2O3/c1-24-15-9-14(22)17(15)4-6-21(7-5-17)16(23)20-10-11-2-3-12(18)8-13(11)19/h2-3,8,14-15,22H,4-7,9-10H2,1H3,(H,20,23)/t14-,15+/m1/s1.